The van der Waals surface area contributed by atoms with Crippen molar-refractivity contribution in [1.82, 2.24) is 0 Å². The van der Waals surface area contributed by atoms with Crippen LogP contribution in [-0.4, -0.2) is 12.6 Å². The number of rotatable bonds is 2. The van der Waals surface area contributed by atoms with Crippen molar-refractivity contribution in [2.75, 3.05) is 0 Å². The van der Waals surface area contributed by atoms with E-state index in [4.69, 9.17) is 0 Å². The van der Waals surface area contributed by atoms with Crippen LogP contribution in [-0.2, 0) is 75.0 Å². The maximum absolute atomic E-state index is 9.67. The maximum atomic E-state index is 9.67. The fourth-order valence-corrected chi connectivity index (χ4v) is 0.0208. The first-order valence-corrected chi connectivity index (χ1v) is 1.91. The van der Waals surface area contributed by atoms with Crippen molar-refractivity contribution < 1.29 is 75.0 Å². The standard InChI is InChI=1S/C5H6O2.2CH4.2Y/c1-5(2,3-6)4-7;;;;/h1-2H3;2*1H4;;/q-2;;;;. The van der Waals surface area contributed by atoms with Crippen molar-refractivity contribution in [1.29, 1.82) is 0 Å². The molecule has 0 aromatic heterocycles. The SMILES string of the molecule is C.C.CC(C)([C-]=O)[C-]=O.[Y].[Y]. The topological polar surface area (TPSA) is 34.1 Å². The first-order valence-electron chi connectivity index (χ1n) is 1.91. The van der Waals surface area contributed by atoms with Gasteiger partial charge in [0.15, 0.2) is 0 Å². The van der Waals surface area contributed by atoms with E-state index in [0.29, 0.717) is 0 Å². The van der Waals surface area contributed by atoms with Crippen molar-refractivity contribution in [3.63, 3.8) is 0 Å². The van der Waals surface area contributed by atoms with Crippen LogP contribution in [0.15, 0.2) is 0 Å². The van der Waals surface area contributed by atoms with Crippen molar-refractivity contribution in [2.24, 2.45) is 5.41 Å². The average Bonchev–Trinajstić information content (AvgIpc) is 1.68. The Labute approximate surface area is 120 Å². The Balaban J connectivity index is -0.0000000300. The van der Waals surface area contributed by atoms with Crippen LogP contribution >= 0.6 is 0 Å². The molecule has 4 heteroatoms. The van der Waals surface area contributed by atoms with Crippen molar-refractivity contribution >= 4 is 12.6 Å². The fourth-order valence-electron chi connectivity index (χ4n) is 0.0208. The molecule has 0 unspecified atom stereocenters. The monoisotopic (exact) mass is 308 g/mol. The normalized spacial score (nSPS) is 6.73. The van der Waals surface area contributed by atoms with E-state index in [2.05, 4.69) is 0 Å². The molecule has 2 radical (unpaired) electrons. The molecule has 2 nitrogen and oxygen atoms in total. The molecule has 11 heavy (non-hydrogen) atoms. The predicted molar refractivity (Wildman–Crippen MR) is 38.6 cm³/mol. The van der Waals surface area contributed by atoms with Gasteiger partial charge in [0.2, 0.25) is 0 Å². The Morgan fingerprint density at radius 2 is 1.09 bits per heavy atom. The Morgan fingerprint density at radius 3 is 1.09 bits per heavy atom. The van der Waals surface area contributed by atoms with E-state index in [1.807, 2.05) is 0 Å². The van der Waals surface area contributed by atoms with E-state index in [1.165, 1.54) is 26.4 Å². The van der Waals surface area contributed by atoms with E-state index in [-0.39, 0.29) is 80.3 Å². The quantitative estimate of drug-likeness (QED) is 0.572. The summed E-state index contributed by atoms with van der Waals surface area (Å²) in [6.45, 7) is 2.90. The molecule has 0 aliphatic heterocycles. The molecule has 62 valence electrons. The van der Waals surface area contributed by atoms with Crippen LogP contribution in [0.2, 0.25) is 0 Å². The number of carbonyl (C=O) groups excluding carboxylic acids is 2. The molecule has 0 aromatic rings. The van der Waals surface area contributed by atoms with E-state index >= 15 is 0 Å². The minimum atomic E-state index is -1.03. The summed E-state index contributed by atoms with van der Waals surface area (Å²) in [5.74, 6) is 0. The van der Waals surface area contributed by atoms with Gasteiger partial charge < -0.3 is 9.59 Å². The molecule has 0 atom stereocenters. The van der Waals surface area contributed by atoms with E-state index in [9.17, 15) is 9.59 Å². The minimum Gasteiger partial charge on any atom is -0.543 e. The molecule has 0 saturated carbocycles. The number of hydrogen-bond donors (Lipinski definition) is 0. The molecule has 0 heterocycles. The largest absolute Gasteiger partial charge is 0.543 e. The summed E-state index contributed by atoms with van der Waals surface area (Å²) in [6.07, 6.45) is 3.03. The van der Waals surface area contributed by atoms with Crippen molar-refractivity contribution in [3.8, 4) is 0 Å². The van der Waals surface area contributed by atoms with Crippen LogP contribution in [0.25, 0.3) is 0 Å². The summed E-state index contributed by atoms with van der Waals surface area (Å²) in [5, 5.41) is 0. The second kappa shape index (κ2) is 14.1. The van der Waals surface area contributed by atoms with E-state index in [0.717, 1.165) is 0 Å². The van der Waals surface area contributed by atoms with Crippen LogP contribution in [0, 0.1) is 5.41 Å². The second-order valence-electron chi connectivity index (χ2n) is 1.83. The predicted octanol–water partition coefficient (Wildman–Crippen LogP) is 1.50. The summed E-state index contributed by atoms with van der Waals surface area (Å²) in [5.41, 5.74) is -1.03. The average molecular weight is 308 g/mol. The summed E-state index contributed by atoms with van der Waals surface area (Å²) < 4.78 is 0. The Kier molecular flexibility index (Phi) is 37.6. The first-order chi connectivity index (χ1) is 3.12. The third-order valence-corrected chi connectivity index (χ3v) is 0.510. The molecule has 0 spiro atoms. The fraction of sp³-hybridized carbons (Fsp3) is 0.714. The molecule has 0 saturated heterocycles. The minimum absolute atomic E-state index is 0. The van der Waals surface area contributed by atoms with Gasteiger partial charge in [-0.2, -0.15) is 0 Å². The van der Waals surface area contributed by atoms with Crippen LogP contribution < -0.4 is 0 Å². The molecule has 0 bridgehead atoms. The zero-order valence-corrected chi connectivity index (χ0v) is 11.1. The summed E-state index contributed by atoms with van der Waals surface area (Å²) in [4.78, 5) is 19.3. The van der Waals surface area contributed by atoms with Gasteiger partial charge in [0, 0.05) is 65.4 Å². The zero-order chi connectivity index (χ0) is 5.91. The van der Waals surface area contributed by atoms with Gasteiger partial charge in [0.1, 0.15) is 0 Å². The van der Waals surface area contributed by atoms with Gasteiger partial charge >= 0.3 is 0 Å². The Bertz CT molecular complexity index is 82.4. The van der Waals surface area contributed by atoms with Crippen LogP contribution in [0.5, 0.6) is 0 Å². The second-order valence-corrected chi connectivity index (χ2v) is 1.83. The van der Waals surface area contributed by atoms with Gasteiger partial charge in [0.05, 0.1) is 0 Å². The van der Waals surface area contributed by atoms with Gasteiger partial charge in [-0.15, -0.1) is 13.8 Å². The maximum Gasteiger partial charge on any atom is 0 e. The van der Waals surface area contributed by atoms with Crippen LogP contribution in [0.1, 0.15) is 28.7 Å². The molecular formula is C7H14O2Y2-2. The zero-order valence-electron chi connectivity index (χ0n) is 5.47. The van der Waals surface area contributed by atoms with Gasteiger partial charge in [-0.3, -0.25) is 12.6 Å². The van der Waals surface area contributed by atoms with E-state index < -0.39 is 5.41 Å². The van der Waals surface area contributed by atoms with Gasteiger partial charge in [0.25, 0.3) is 0 Å². The number of hydrogen-bond acceptors (Lipinski definition) is 2. The molecule has 0 aromatic carbocycles. The van der Waals surface area contributed by atoms with Gasteiger partial charge in [-0.25, -0.2) is 5.41 Å². The molecule has 0 rings (SSSR count). The molecule has 0 amide bonds. The molecule has 0 fully saturated rings. The first kappa shape index (κ1) is 29.4. The van der Waals surface area contributed by atoms with E-state index in [1.54, 1.807) is 0 Å². The molecule has 0 N–H and O–H groups in total. The van der Waals surface area contributed by atoms with Gasteiger partial charge in [-0.1, -0.05) is 14.9 Å². The van der Waals surface area contributed by atoms with Crippen molar-refractivity contribution in [3.05, 3.63) is 0 Å². The van der Waals surface area contributed by atoms with Gasteiger partial charge in [-0.05, 0) is 0 Å². The Hall–Kier alpha value is 1.55. The van der Waals surface area contributed by atoms with Crippen LogP contribution in [0.3, 0.4) is 0 Å². The third kappa shape index (κ3) is 18.5. The molecular weight excluding hydrogens is 294 g/mol. The summed E-state index contributed by atoms with van der Waals surface area (Å²) in [6, 6.07) is 0. The summed E-state index contributed by atoms with van der Waals surface area (Å²) >= 11 is 0. The molecule has 0 aliphatic rings. The summed E-state index contributed by atoms with van der Waals surface area (Å²) in [7, 11) is 0. The molecule has 0 aliphatic carbocycles. The van der Waals surface area contributed by atoms with Crippen molar-refractivity contribution in [2.45, 2.75) is 28.7 Å². The van der Waals surface area contributed by atoms with Crippen LogP contribution in [0.4, 0.5) is 0 Å². The third-order valence-electron chi connectivity index (χ3n) is 0.510. The smallest absolute Gasteiger partial charge is 0 e. The Morgan fingerprint density at radius 1 is 0.909 bits per heavy atom.